The number of carbonyl (C=O) groups excluding carboxylic acids is 1. The Morgan fingerprint density at radius 2 is 1.97 bits per heavy atom. The fourth-order valence-corrected chi connectivity index (χ4v) is 5.17. The normalized spacial score (nSPS) is 27.1. The topological polar surface area (TPSA) is 109 Å². The van der Waals surface area contributed by atoms with Crippen molar-refractivity contribution in [2.75, 3.05) is 5.32 Å². The van der Waals surface area contributed by atoms with Gasteiger partial charge in [-0.1, -0.05) is 50.9 Å². The Hall–Kier alpha value is -2.16. The summed E-state index contributed by atoms with van der Waals surface area (Å²) in [6, 6.07) is 1.03. The number of amides is 1. The number of carbonyl (C=O) groups is 1. The fraction of sp³-hybridized carbons (Fsp3) is 0.583. The van der Waals surface area contributed by atoms with Crippen LogP contribution < -0.4 is 16.2 Å². The van der Waals surface area contributed by atoms with E-state index < -0.39 is 17.1 Å². The first-order chi connectivity index (χ1) is 15.8. The maximum absolute atomic E-state index is 12.8. The molecular formula is C24H33Cl2N5O3. The number of rotatable bonds is 6. The van der Waals surface area contributed by atoms with E-state index in [-0.39, 0.29) is 35.0 Å². The predicted molar refractivity (Wildman–Crippen MR) is 134 cm³/mol. The SMILES string of the molecule is CC(NC(=O)Cn1ncc(N[C@@H]2C[C@H](C)C(C)(C)[C@H](C)[C@]2(C)O)c(Cl)c1=O)c1ccncc1Cl. The monoisotopic (exact) mass is 509 g/mol. The largest absolute Gasteiger partial charge is 0.388 e. The molecule has 0 spiro atoms. The summed E-state index contributed by atoms with van der Waals surface area (Å²) in [6.07, 6.45) is 5.23. The third kappa shape index (κ3) is 5.09. The van der Waals surface area contributed by atoms with Crippen molar-refractivity contribution in [3.8, 4) is 0 Å². The number of aromatic nitrogens is 3. The van der Waals surface area contributed by atoms with Gasteiger partial charge in [-0.05, 0) is 49.1 Å². The summed E-state index contributed by atoms with van der Waals surface area (Å²) in [5.74, 6) is -0.0632. The van der Waals surface area contributed by atoms with Crippen LogP contribution in [0.2, 0.25) is 10.0 Å². The van der Waals surface area contributed by atoms with Gasteiger partial charge in [0.25, 0.3) is 5.56 Å². The molecule has 186 valence electrons. The number of nitrogens with zero attached hydrogens (tertiary/aromatic N) is 3. The molecule has 1 aliphatic rings. The molecule has 1 fully saturated rings. The lowest BCUT2D eigenvalue weighted by atomic mass is 9.56. The Kier molecular flexibility index (Phi) is 7.65. The Labute approximate surface area is 210 Å². The van der Waals surface area contributed by atoms with Crippen LogP contribution in [-0.4, -0.2) is 37.4 Å². The molecule has 2 aromatic heterocycles. The Bertz CT molecular complexity index is 1120. The summed E-state index contributed by atoms with van der Waals surface area (Å²) in [5.41, 5.74) is -0.594. The van der Waals surface area contributed by atoms with Gasteiger partial charge in [0.1, 0.15) is 11.6 Å². The van der Waals surface area contributed by atoms with Crippen molar-refractivity contribution in [2.24, 2.45) is 17.3 Å². The standard InChI is InChI=1S/C24H33Cl2N5O3/c1-13-9-19(24(6,34)15(3)23(13,4)5)30-18-11-28-31(22(33)21(18)26)12-20(32)29-14(2)16-7-8-27-10-17(16)25/h7-8,10-11,13-15,19,30,34H,9,12H2,1-6H3,(H,29,32)/t13-,14?,15-,19+,24-/m0/s1. The second kappa shape index (κ2) is 9.84. The number of halogens is 2. The molecule has 0 saturated heterocycles. The number of nitrogens with one attached hydrogen (secondary N) is 2. The Morgan fingerprint density at radius 1 is 1.29 bits per heavy atom. The summed E-state index contributed by atoms with van der Waals surface area (Å²) >= 11 is 12.5. The van der Waals surface area contributed by atoms with E-state index in [1.165, 1.54) is 12.4 Å². The second-order valence-electron chi connectivity index (χ2n) is 10.1. The molecule has 0 radical (unpaired) electrons. The lowest BCUT2D eigenvalue weighted by Crippen LogP contribution is -2.60. The molecule has 0 bridgehead atoms. The van der Waals surface area contributed by atoms with Crippen molar-refractivity contribution in [3.63, 3.8) is 0 Å². The lowest BCUT2D eigenvalue weighted by Gasteiger charge is -2.54. The minimum atomic E-state index is -1.02. The molecule has 8 nitrogen and oxygen atoms in total. The number of aliphatic hydroxyl groups is 1. The van der Waals surface area contributed by atoms with E-state index in [0.717, 1.165) is 4.68 Å². The molecule has 34 heavy (non-hydrogen) atoms. The van der Waals surface area contributed by atoms with E-state index >= 15 is 0 Å². The van der Waals surface area contributed by atoms with Crippen molar-refractivity contribution in [3.05, 3.63) is 50.6 Å². The number of hydrogen-bond acceptors (Lipinski definition) is 6. The van der Waals surface area contributed by atoms with Crippen molar-refractivity contribution in [1.29, 1.82) is 0 Å². The highest BCUT2D eigenvalue weighted by molar-refractivity contribution is 6.33. The quantitative estimate of drug-likeness (QED) is 0.541. The molecule has 2 heterocycles. The van der Waals surface area contributed by atoms with Crippen LogP contribution in [0, 0.1) is 17.3 Å². The predicted octanol–water partition coefficient (Wildman–Crippen LogP) is 4.06. The third-order valence-electron chi connectivity index (χ3n) is 7.81. The van der Waals surface area contributed by atoms with Gasteiger partial charge in [0.15, 0.2) is 0 Å². The minimum Gasteiger partial charge on any atom is -0.388 e. The van der Waals surface area contributed by atoms with Crippen LogP contribution in [0.1, 0.15) is 59.6 Å². The molecule has 2 aromatic rings. The van der Waals surface area contributed by atoms with Crippen LogP contribution in [-0.2, 0) is 11.3 Å². The highest BCUT2D eigenvalue weighted by atomic mass is 35.5. The van der Waals surface area contributed by atoms with Gasteiger partial charge >= 0.3 is 0 Å². The zero-order chi connectivity index (χ0) is 25.4. The number of anilines is 1. The molecule has 1 unspecified atom stereocenters. The van der Waals surface area contributed by atoms with E-state index in [2.05, 4.69) is 41.5 Å². The Balaban J connectivity index is 1.73. The molecular weight excluding hydrogens is 477 g/mol. The lowest BCUT2D eigenvalue weighted by molar-refractivity contribution is -0.122. The van der Waals surface area contributed by atoms with Crippen molar-refractivity contribution in [1.82, 2.24) is 20.1 Å². The summed E-state index contributed by atoms with van der Waals surface area (Å²) < 4.78 is 1.01. The average molecular weight is 510 g/mol. The number of hydrogen-bond donors (Lipinski definition) is 3. The van der Waals surface area contributed by atoms with E-state index in [0.29, 0.717) is 28.6 Å². The molecule has 0 aromatic carbocycles. The van der Waals surface area contributed by atoms with Crippen LogP contribution in [0.15, 0.2) is 29.5 Å². The van der Waals surface area contributed by atoms with Gasteiger partial charge in [-0.2, -0.15) is 5.10 Å². The van der Waals surface area contributed by atoms with Gasteiger partial charge in [-0.15, -0.1) is 0 Å². The zero-order valence-corrected chi connectivity index (χ0v) is 21.9. The fourth-order valence-electron chi connectivity index (χ4n) is 4.69. The van der Waals surface area contributed by atoms with E-state index in [1.807, 2.05) is 13.8 Å². The molecule has 1 saturated carbocycles. The molecule has 3 rings (SSSR count). The molecule has 3 N–H and O–H groups in total. The van der Waals surface area contributed by atoms with Gasteiger partial charge in [0, 0.05) is 12.4 Å². The van der Waals surface area contributed by atoms with Crippen LogP contribution in [0.25, 0.3) is 0 Å². The maximum atomic E-state index is 12.8. The van der Waals surface area contributed by atoms with E-state index in [9.17, 15) is 14.7 Å². The minimum absolute atomic E-state index is 0.00735. The van der Waals surface area contributed by atoms with Gasteiger partial charge in [0.05, 0.1) is 34.6 Å². The zero-order valence-electron chi connectivity index (χ0n) is 20.4. The van der Waals surface area contributed by atoms with Crippen molar-refractivity contribution >= 4 is 34.8 Å². The highest BCUT2D eigenvalue weighted by Crippen LogP contribution is 2.50. The van der Waals surface area contributed by atoms with Gasteiger partial charge in [0.2, 0.25) is 5.91 Å². The van der Waals surface area contributed by atoms with Crippen LogP contribution in [0.4, 0.5) is 5.69 Å². The maximum Gasteiger partial charge on any atom is 0.288 e. The van der Waals surface area contributed by atoms with E-state index in [4.69, 9.17) is 23.2 Å². The van der Waals surface area contributed by atoms with Gasteiger partial charge in [-0.3, -0.25) is 14.6 Å². The second-order valence-corrected chi connectivity index (χ2v) is 10.9. The summed E-state index contributed by atoms with van der Waals surface area (Å²) in [5, 5.41) is 21.8. The highest BCUT2D eigenvalue weighted by Gasteiger charge is 2.52. The van der Waals surface area contributed by atoms with Gasteiger partial charge in [-0.25, -0.2) is 4.68 Å². The van der Waals surface area contributed by atoms with Crippen molar-refractivity contribution in [2.45, 2.75) is 72.2 Å². The smallest absolute Gasteiger partial charge is 0.288 e. The number of pyridine rings is 1. The van der Waals surface area contributed by atoms with Gasteiger partial charge < -0.3 is 15.7 Å². The van der Waals surface area contributed by atoms with Crippen LogP contribution in [0.5, 0.6) is 0 Å². The average Bonchev–Trinajstić information content (AvgIpc) is 2.76. The third-order valence-corrected chi connectivity index (χ3v) is 8.49. The first-order valence-electron chi connectivity index (χ1n) is 11.4. The molecule has 5 atom stereocenters. The molecule has 1 amide bonds. The summed E-state index contributed by atoms with van der Waals surface area (Å²) in [4.78, 5) is 29.3. The van der Waals surface area contributed by atoms with Crippen LogP contribution >= 0.6 is 23.2 Å². The first kappa shape index (κ1) is 26.4. The molecule has 10 heteroatoms. The first-order valence-corrected chi connectivity index (χ1v) is 12.2. The summed E-state index contributed by atoms with van der Waals surface area (Å²) in [6.45, 7) is 11.8. The molecule has 1 aliphatic carbocycles. The van der Waals surface area contributed by atoms with Crippen molar-refractivity contribution < 1.29 is 9.90 Å². The van der Waals surface area contributed by atoms with Crippen LogP contribution in [0.3, 0.4) is 0 Å². The van der Waals surface area contributed by atoms with E-state index in [1.54, 1.807) is 19.2 Å². The Morgan fingerprint density at radius 3 is 2.62 bits per heavy atom. The summed E-state index contributed by atoms with van der Waals surface area (Å²) in [7, 11) is 0. The molecule has 0 aliphatic heterocycles.